The summed E-state index contributed by atoms with van der Waals surface area (Å²) in [6.45, 7) is 2.94. The molecule has 0 radical (unpaired) electrons. The van der Waals surface area contributed by atoms with Gasteiger partial charge in [-0.25, -0.2) is 0 Å². The molecule has 3 nitrogen and oxygen atoms in total. The van der Waals surface area contributed by atoms with E-state index in [1.165, 1.54) is 5.56 Å². The zero-order valence-corrected chi connectivity index (χ0v) is 12.1. The minimum absolute atomic E-state index is 0.0504. The standard InChI is InChI=1S/C13H19NO2S2/c1-11-5-9-18-12(11)3-4-13(16)14-6-10-17-8-2-7-15/h3-5,9,15H,2,6-8,10H2,1H3,(H,14,16)/b4-3+. The number of hydrogen-bond acceptors (Lipinski definition) is 4. The van der Waals surface area contributed by atoms with E-state index in [0.717, 1.165) is 22.8 Å². The molecule has 100 valence electrons. The first-order valence-corrected chi connectivity index (χ1v) is 7.96. The van der Waals surface area contributed by atoms with Crippen molar-refractivity contribution in [3.63, 3.8) is 0 Å². The smallest absolute Gasteiger partial charge is 0.244 e. The van der Waals surface area contributed by atoms with E-state index in [9.17, 15) is 4.79 Å². The van der Waals surface area contributed by atoms with Gasteiger partial charge in [-0.1, -0.05) is 0 Å². The summed E-state index contributed by atoms with van der Waals surface area (Å²) >= 11 is 3.38. The molecule has 0 aliphatic carbocycles. The molecule has 0 saturated carbocycles. The highest BCUT2D eigenvalue weighted by Crippen LogP contribution is 2.16. The van der Waals surface area contributed by atoms with Crippen molar-refractivity contribution in [2.24, 2.45) is 0 Å². The van der Waals surface area contributed by atoms with Crippen LogP contribution in [0.5, 0.6) is 0 Å². The molecule has 0 bridgehead atoms. The second-order valence-corrected chi connectivity index (χ2v) is 5.95. The SMILES string of the molecule is Cc1ccsc1/C=C/C(=O)NCCSCCCO. The molecule has 1 heterocycles. The van der Waals surface area contributed by atoms with Crippen molar-refractivity contribution in [2.45, 2.75) is 13.3 Å². The monoisotopic (exact) mass is 285 g/mol. The molecule has 0 saturated heterocycles. The lowest BCUT2D eigenvalue weighted by atomic mass is 10.3. The average molecular weight is 285 g/mol. The lowest BCUT2D eigenvalue weighted by Gasteiger charge is -2.01. The van der Waals surface area contributed by atoms with Crippen LogP contribution in [0.2, 0.25) is 0 Å². The molecule has 1 amide bonds. The van der Waals surface area contributed by atoms with Crippen molar-refractivity contribution in [1.29, 1.82) is 0 Å². The van der Waals surface area contributed by atoms with Crippen LogP contribution in [0, 0.1) is 6.92 Å². The zero-order chi connectivity index (χ0) is 13.2. The van der Waals surface area contributed by atoms with Crippen LogP contribution in [0.25, 0.3) is 6.08 Å². The summed E-state index contributed by atoms with van der Waals surface area (Å²) in [5, 5.41) is 13.5. The van der Waals surface area contributed by atoms with E-state index < -0.39 is 0 Å². The van der Waals surface area contributed by atoms with E-state index in [1.807, 2.05) is 24.4 Å². The Hall–Kier alpha value is -0.780. The molecule has 18 heavy (non-hydrogen) atoms. The molecule has 0 aliphatic rings. The molecule has 2 N–H and O–H groups in total. The van der Waals surface area contributed by atoms with Gasteiger partial charge in [-0.15, -0.1) is 11.3 Å². The van der Waals surface area contributed by atoms with Crippen molar-refractivity contribution in [1.82, 2.24) is 5.32 Å². The highest BCUT2D eigenvalue weighted by atomic mass is 32.2. The molecule has 0 fully saturated rings. The van der Waals surface area contributed by atoms with Crippen LogP contribution in [-0.4, -0.2) is 35.7 Å². The quantitative estimate of drug-likeness (QED) is 0.569. The first-order valence-electron chi connectivity index (χ1n) is 5.92. The van der Waals surface area contributed by atoms with Gasteiger partial charge in [0.15, 0.2) is 0 Å². The number of carbonyl (C=O) groups excluding carboxylic acids is 1. The van der Waals surface area contributed by atoms with Crippen molar-refractivity contribution >= 4 is 35.1 Å². The predicted octanol–water partition coefficient (Wildman–Crippen LogP) is 2.30. The number of aliphatic hydroxyl groups is 1. The van der Waals surface area contributed by atoms with Crippen LogP contribution in [0.4, 0.5) is 0 Å². The lowest BCUT2D eigenvalue weighted by Crippen LogP contribution is -2.23. The third-order valence-electron chi connectivity index (χ3n) is 2.28. The number of aryl methyl sites for hydroxylation is 1. The Bertz CT molecular complexity index is 388. The fourth-order valence-corrected chi connectivity index (χ4v) is 2.88. The minimum Gasteiger partial charge on any atom is -0.396 e. The molecule has 0 aromatic carbocycles. The van der Waals surface area contributed by atoms with E-state index >= 15 is 0 Å². The van der Waals surface area contributed by atoms with Crippen LogP contribution in [0.1, 0.15) is 16.9 Å². The number of thiophene rings is 1. The van der Waals surface area contributed by atoms with Gasteiger partial charge in [0.2, 0.25) is 5.91 Å². The van der Waals surface area contributed by atoms with Gasteiger partial charge in [0.1, 0.15) is 0 Å². The fraction of sp³-hybridized carbons (Fsp3) is 0.462. The number of nitrogens with one attached hydrogen (secondary N) is 1. The van der Waals surface area contributed by atoms with Gasteiger partial charge < -0.3 is 10.4 Å². The van der Waals surface area contributed by atoms with Gasteiger partial charge in [0.25, 0.3) is 0 Å². The van der Waals surface area contributed by atoms with E-state index in [-0.39, 0.29) is 12.5 Å². The molecule has 5 heteroatoms. The highest BCUT2D eigenvalue weighted by molar-refractivity contribution is 7.99. The Morgan fingerprint density at radius 2 is 2.39 bits per heavy atom. The van der Waals surface area contributed by atoms with Crippen molar-refractivity contribution in [3.8, 4) is 0 Å². The Labute approximate surface area is 116 Å². The van der Waals surface area contributed by atoms with E-state index in [4.69, 9.17) is 5.11 Å². The van der Waals surface area contributed by atoms with Crippen molar-refractivity contribution in [3.05, 3.63) is 28.0 Å². The van der Waals surface area contributed by atoms with Crippen LogP contribution in [-0.2, 0) is 4.79 Å². The van der Waals surface area contributed by atoms with Gasteiger partial charge in [-0.05, 0) is 42.2 Å². The number of carbonyl (C=O) groups is 1. The Morgan fingerprint density at radius 3 is 3.06 bits per heavy atom. The maximum Gasteiger partial charge on any atom is 0.244 e. The molecular formula is C13H19NO2S2. The summed E-state index contributed by atoms with van der Waals surface area (Å²) in [4.78, 5) is 12.6. The molecule has 0 unspecified atom stereocenters. The number of aliphatic hydroxyl groups excluding tert-OH is 1. The Morgan fingerprint density at radius 1 is 1.56 bits per heavy atom. The highest BCUT2D eigenvalue weighted by Gasteiger charge is 1.97. The average Bonchev–Trinajstić information content (AvgIpc) is 2.77. The van der Waals surface area contributed by atoms with Crippen LogP contribution < -0.4 is 5.32 Å². The summed E-state index contributed by atoms with van der Waals surface area (Å²) < 4.78 is 0. The van der Waals surface area contributed by atoms with Crippen LogP contribution in [0.3, 0.4) is 0 Å². The molecule has 1 rings (SSSR count). The second-order valence-electron chi connectivity index (χ2n) is 3.78. The van der Waals surface area contributed by atoms with Gasteiger partial charge >= 0.3 is 0 Å². The Kier molecular flexibility index (Phi) is 7.80. The van der Waals surface area contributed by atoms with Gasteiger partial charge in [0.05, 0.1) is 0 Å². The van der Waals surface area contributed by atoms with E-state index in [1.54, 1.807) is 29.2 Å². The van der Waals surface area contributed by atoms with Crippen LogP contribution >= 0.6 is 23.1 Å². The second kappa shape index (κ2) is 9.19. The van der Waals surface area contributed by atoms with Gasteiger partial charge in [-0.3, -0.25) is 4.79 Å². The molecule has 0 aliphatic heterocycles. The predicted molar refractivity (Wildman–Crippen MR) is 80.1 cm³/mol. The molecule has 1 aromatic rings. The van der Waals surface area contributed by atoms with E-state index in [2.05, 4.69) is 5.32 Å². The number of hydrogen-bond donors (Lipinski definition) is 2. The number of amides is 1. The van der Waals surface area contributed by atoms with Crippen LogP contribution in [0.15, 0.2) is 17.5 Å². The summed E-state index contributed by atoms with van der Waals surface area (Å²) in [5.41, 5.74) is 1.20. The largest absolute Gasteiger partial charge is 0.396 e. The summed E-state index contributed by atoms with van der Waals surface area (Å²) in [6.07, 6.45) is 4.25. The summed E-state index contributed by atoms with van der Waals surface area (Å²) in [7, 11) is 0. The lowest BCUT2D eigenvalue weighted by molar-refractivity contribution is -0.116. The molecular weight excluding hydrogens is 266 g/mol. The normalized spacial score (nSPS) is 11.0. The number of rotatable bonds is 8. The summed E-state index contributed by atoms with van der Waals surface area (Å²) in [5.74, 6) is 1.78. The molecule has 0 spiro atoms. The topological polar surface area (TPSA) is 49.3 Å². The molecule has 1 aromatic heterocycles. The maximum atomic E-state index is 11.5. The third kappa shape index (κ3) is 6.23. The first kappa shape index (κ1) is 15.3. The maximum absolute atomic E-state index is 11.5. The van der Waals surface area contributed by atoms with Crippen molar-refractivity contribution in [2.75, 3.05) is 24.7 Å². The minimum atomic E-state index is -0.0504. The first-order chi connectivity index (χ1) is 8.74. The third-order valence-corrected chi connectivity index (χ3v) is 4.33. The summed E-state index contributed by atoms with van der Waals surface area (Å²) in [6, 6.07) is 2.04. The van der Waals surface area contributed by atoms with Gasteiger partial charge in [0, 0.05) is 29.9 Å². The van der Waals surface area contributed by atoms with Gasteiger partial charge in [-0.2, -0.15) is 11.8 Å². The van der Waals surface area contributed by atoms with E-state index in [0.29, 0.717) is 6.54 Å². The fourth-order valence-electron chi connectivity index (χ4n) is 1.28. The van der Waals surface area contributed by atoms with Crippen molar-refractivity contribution < 1.29 is 9.90 Å². The Balaban J connectivity index is 2.14. The number of thioether (sulfide) groups is 1. The molecule has 0 atom stereocenters. The zero-order valence-electron chi connectivity index (χ0n) is 10.5.